The highest BCUT2D eigenvalue weighted by Crippen LogP contribution is 2.42. The lowest BCUT2D eigenvalue weighted by Crippen LogP contribution is -2.32. The zero-order valence-corrected chi connectivity index (χ0v) is 18.2. The van der Waals surface area contributed by atoms with Crippen LogP contribution >= 0.6 is 11.6 Å². The van der Waals surface area contributed by atoms with Gasteiger partial charge >= 0.3 is 0 Å². The van der Waals surface area contributed by atoms with Crippen LogP contribution in [-0.4, -0.2) is 60.9 Å². The lowest BCUT2D eigenvalue weighted by Gasteiger charge is -2.24. The van der Waals surface area contributed by atoms with Crippen molar-refractivity contribution in [2.45, 2.75) is 19.4 Å². The minimum Gasteiger partial charge on any atom is -0.507 e. The van der Waals surface area contributed by atoms with E-state index in [0.717, 1.165) is 12.1 Å². The number of aryl methyl sites for hydroxylation is 1. The Labute approximate surface area is 180 Å². The molecule has 1 aromatic carbocycles. The first-order valence-electron chi connectivity index (χ1n) is 9.57. The van der Waals surface area contributed by atoms with Gasteiger partial charge in [-0.15, -0.1) is 0 Å². The van der Waals surface area contributed by atoms with Gasteiger partial charge in [0.1, 0.15) is 23.3 Å². The fraction of sp³-hybridized carbons (Fsp3) is 0.364. The highest BCUT2D eigenvalue weighted by atomic mass is 35.5. The van der Waals surface area contributed by atoms with E-state index in [1.54, 1.807) is 24.3 Å². The molecule has 7 nitrogen and oxygen atoms in total. The molecule has 1 N–H and O–H groups in total. The number of halogens is 1. The van der Waals surface area contributed by atoms with E-state index < -0.39 is 17.7 Å². The smallest absolute Gasteiger partial charge is 0.295 e. The van der Waals surface area contributed by atoms with Crippen LogP contribution in [-0.2, 0) is 9.59 Å². The van der Waals surface area contributed by atoms with Crippen molar-refractivity contribution in [2.24, 2.45) is 0 Å². The van der Waals surface area contributed by atoms with Gasteiger partial charge in [-0.2, -0.15) is 0 Å². The number of carbonyl (C=O) groups is 2. The molecule has 30 heavy (non-hydrogen) atoms. The Morgan fingerprint density at radius 2 is 2.07 bits per heavy atom. The summed E-state index contributed by atoms with van der Waals surface area (Å²) in [4.78, 5) is 29.2. The summed E-state index contributed by atoms with van der Waals surface area (Å²) >= 11 is 6.27. The number of methoxy groups -OCH3 is 1. The Morgan fingerprint density at radius 1 is 1.33 bits per heavy atom. The molecule has 1 aliphatic rings. The van der Waals surface area contributed by atoms with Gasteiger partial charge in [-0.3, -0.25) is 9.59 Å². The number of carbonyl (C=O) groups excluding carboxylic acids is 2. The number of Topliss-reactive ketones (excluding diaryl/α,β-unsaturated/α-hetero) is 1. The highest BCUT2D eigenvalue weighted by Gasteiger charge is 2.47. The fourth-order valence-electron chi connectivity index (χ4n) is 3.67. The SMILES string of the molecule is COc1c(Cl)cc(C)cc1/C(O)=C1/C(=O)C(=O)N(CCCN(C)C)C1c1ccco1. The zero-order chi connectivity index (χ0) is 22.0. The van der Waals surface area contributed by atoms with Crippen molar-refractivity contribution in [3.8, 4) is 5.75 Å². The molecule has 2 heterocycles. The monoisotopic (exact) mass is 432 g/mol. The number of hydrogen-bond donors (Lipinski definition) is 1. The van der Waals surface area contributed by atoms with Crippen molar-refractivity contribution in [1.29, 1.82) is 0 Å². The molecule has 3 rings (SSSR count). The van der Waals surface area contributed by atoms with Gasteiger partial charge in [-0.05, 0) is 63.8 Å². The number of hydrogen-bond acceptors (Lipinski definition) is 6. The minimum absolute atomic E-state index is 0.0419. The van der Waals surface area contributed by atoms with Crippen molar-refractivity contribution in [3.63, 3.8) is 0 Å². The van der Waals surface area contributed by atoms with Gasteiger partial charge in [0.2, 0.25) is 0 Å². The molecule has 1 amide bonds. The number of likely N-dealkylation sites (tertiary alicyclic amines) is 1. The number of benzene rings is 1. The summed E-state index contributed by atoms with van der Waals surface area (Å²) in [5.41, 5.74) is 0.988. The van der Waals surface area contributed by atoms with Crippen LogP contribution in [0.15, 0.2) is 40.5 Å². The van der Waals surface area contributed by atoms with Crippen LogP contribution in [0.1, 0.15) is 29.3 Å². The molecule has 2 aromatic rings. The molecule has 1 aliphatic heterocycles. The molecule has 1 saturated heterocycles. The number of rotatable bonds is 7. The molecule has 1 atom stereocenters. The van der Waals surface area contributed by atoms with Crippen molar-refractivity contribution < 1.29 is 23.8 Å². The van der Waals surface area contributed by atoms with Crippen molar-refractivity contribution in [1.82, 2.24) is 9.80 Å². The Hall–Kier alpha value is -2.77. The van der Waals surface area contributed by atoms with Crippen molar-refractivity contribution in [2.75, 3.05) is 34.3 Å². The second-order valence-electron chi connectivity index (χ2n) is 7.49. The topological polar surface area (TPSA) is 83.2 Å². The van der Waals surface area contributed by atoms with Crippen LogP contribution in [0, 0.1) is 6.92 Å². The first kappa shape index (κ1) is 21.9. The van der Waals surface area contributed by atoms with E-state index in [2.05, 4.69) is 0 Å². The molecule has 1 unspecified atom stereocenters. The van der Waals surface area contributed by atoms with E-state index in [9.17, 15) is 14.7 Å². The summed E-state index contributed by atoms with van der Waals surface area (Å²) in [5.74, 6) is -1.14. The summed E-state index contributed by atoms with van der Waals surface area (Å²) in [6, 6.07) is 5.90. The van der Waals surface area contributed by atoms with Gasteiger partial charge in [-0.25, -0.2) is 0 Å². The maximum atomic E-state index is 13.0. The van der Waals surface area contributed by atoms with Gasteiger partial charge in [0.15, 0.2) is 0 Å². The summed E-state index contributed by atoms with van der Waals surface area (Å²) < 4.78 is 10.9. The maximum absolute atomic E-state index is 13.0. The first-order valence-corrected chi connectivity index (χ1v) is 9.95. The van der Waals surface area contributed by atoms with Crippen LogP contribution < -0.4 is 4.74 Å². The van der Waals surface area contributed by atoms with E-state index in [4.69, 9.17) is 20.8 Å². The summed E-state index contributed by atoms with van der Waals surface area (Å²) in [5, 5.41) is 11.5. The van der Waals surface area contributed by atoms with Gasteiger partial charge in [-0.1, -0.05) is 11.6 Å². The molecule has 1 aromatic heterocycles. The van der Waals surface area contributed by atoms with Crippen LogP contribution in [0.4, 0.5) is 0 Å². The highest BCUT2D eigenvalue weighted by molar-refractivity contribution is 6.46. The predicted octanol–water partition coefficient (Wildman–Crippen LogP) is 3.62. The zero-order valence-electron chi connectivity index (χ0n) is 17.4. The summed E-state index contributed by atoms with van der Waals surface area (Å²) in [6.07, 6.45) is 2.14. The van der Waals surface area contributed by atoms with E-state index in [-0.39, 0.29) is 22.6 Å². The van der Waals surface area contributed by atoms with E-state index in [1.165, 1.54) is 18.3 Å². The lowest BCUT2D eigenvalue weighted by molar-refractivity contribution is -0.140. The molecular formula is C22H25ClN2O5. The molecule has 0 saturated carbocycles. The number of furan rings is 1. The molecule has 1 fully saturated rings. The van der Waals surface area contributed by atoms with E-state index in [1.807, 2.05) is 25.9 Å². The number of aliphatic hydroxyl groups excluding tert-OH is 1. The number of ether oxygens (including phenoxy) is 1. The van der Waals surface area contributed by atoms with E-state index in [0.29, 0.717) is 23.7 Å². The second-order valence-corrected chi connectivity index (χ2v) is 7.90. The largest absolute Gasteiger partial charge is 0.507 e. The molecule has 0 spiro atoms. The molecule has 0 radical (unpaired) electrons. The summed E-state index contributed by atoms with van der Waals surface area (Å²) in [6.45, 7) is 2.90. The Kier molecular flexibility index (Phi) is 6.53. The second kappa shape index (κ2) is 8.93. The normalized spacial score (nSPS) is 18.5. The third-order valence-corrected chi connectivity index (χ3v) is 5.28. The molecule has 0 bridgehead atoms. The number of amides is 1. The average Bonchev–Trinajstić information content (AvgIpc) is 3.29. The average molecular weight is 433 g/mol. The quantitative estimate of drug-likeness (QED) is 0.408. The van der Waals surface area contributed by atoms with Crippen LogP contribution in [0.2, 0.25) is 5.02 Å². The Balaban J connectivity index is 2.14. The molecular weight excluding hydrogens is 408 g/mol. The molecule has 0 aliphatic carbocycles. The van der Waals surface area contributed by atoms with Crippen LogP contribution in [0.5, 0.6) is 5.75 Å². The Bertz CT molecular complexity index is 982. The molecule has 8 heteroatoms. The number of nitrogens with zero attached hydrogens (tertiary/aromatic N) is 2. The third-order valence-electron chi connectivity index (χ3n) is 5.00. The van der Waals surface area contributed by atoms with Gasteiger partial charge in [0, 0.05) is 6.54 Å². The minimum atomic E-state index is -0.828. The fourth-order valence-corrected chi connectivity index (χ4v) is 4.02. The van der Waals surface area contributed by atoms with Crippen LogP contribution in [0.3, 0.4) is 0 Å². The van der Waals surface area contributed by atoms with Gasteiger partial charge < -0.3 is 24.1 Å². The summed E-state index contributed by atoms with van der Waals surface area (Å²) in [7, 11) is 5.30. The van der Waals surface area contributed by atoms with Gasteiger partial charge in [0.05, 0.1) is 29.5 Å². The third kappa shape index (κ3) is 4.08. The van der Waals surface area contributed by atoms with Gasteiger partial charge in [0.25, 0.3) is 11.7 Å². The van der Waals surface area contributed by atoms with Crippen LogP contribution in [0.25, 0.3) is 5.76 Å². The number of ketones is 1. The lowest BCUT2D eigenvalue weighted by atomic mass is 9.98. The first-order chi connectivity index (χ1) is 14.3. The molecule has 160 valence electrons. The maximum Gasteiger partial charge on any atom is 0.295 e. The number of aliphatic hydroxyl groups is 1. The Morgan fingerprint density at radius 3 is 2.67 bits per heavy atom. The van der Waals surface area contributed by atoms with Crippen molar-refractivity contribution in [3.05, 3.63) is 58.0 Å². The van der Waals surface area contributed by atoms with E-state index >= 15 is 0 Å². The predicted molar refractivity (Wildman–Crippen MR) is 114 cm³/mol. The standard InChI is InChI=1S/C22H25ClN2O5/c1-13-11-14(21(29-4)15(23)12-13)19(26)17-18(16-7-5-10-30-16)25(22(28)20(17)27)9-6-8-24(2)3/h5,7,10-12,18,26H,6,8-9H2,1-4H3/b19-17-. The van der Waals surface area contributed by atoms with Crippen molar-refractivity contribution >= 4 is 29.1 Å².